The van der Waals surface area contributed by atoms with Gasteiger partial charge in [-0.2, -0.15) is 27.8 Å². The summed E-state index contributed by atoms with van der Waals surface area (Å²) in [5, 5.41) is 8.03. The average Bonchev–Trinajstić information content (AvgIpc) is 3.76. The average molecular weight is 661 g/mol. The number of fused-ring (bicyclic) bond motifs is 2. The third-order valence-electron chi connectivity index (χ3n) is 8.74. The molecule has 0 amide bonds. The number of hydrogen-bond donors (Lipinski definition) is 0. The topological polar surface area (TPSA) is 79.9 Å². The summed E-state index contributed by atoms with van der Waals surface area (Å²) in [7, 11) is -0.646. The minimum atomic E-state index is -2.65. The van der Waals surface area contributed by atoms with Gasteiger partial charge in [-0.1, -0.05) is 23.7 Å². The van der Waals surface area contributed by atoms with Crippen LogP contribution >= 0.6 is 11.6 Å². The molecule has 8 nitrogen and oxygen atoms in total. The monoisotopic (exact) mass is 660 g/mol. The molecule has 1 fully saturated rings. The Kier molecular flexibility index (Phi) is 10.5. The minimum absolute atomic E-state index is 0.482. The Bertz CT molecular complexity index is 1610. The van der Waals surface area contributed by atoms with Crippen LogP contribution < -0.4 is 5.46 Å². The second-order valence-electron chi connectivity index (χ2n) is 12.5. The molecule has 2 aliphatic carbocycles. The zero-order valence-electron chi connectivity index (χ0n) is 26.4. The van der Waals surface area contributed by atoms with Gasteiger partial charge in [-0.05, 0) is 108 Å². The second-order valence-corrected chi connectivity index (χ2v) is 12.9. The third-order valence-corrected chi connectivity index (χ3v) is 8.95. The van der Waals surface area contributed by atoms with Gasteiger partial charge in [0.25, 0.3) is 0 Å². The van der Waals surface area contributed by atoms with Gasteiger partial charge >= 0.3 is 20.2 Å². The van der Waals surface area contributed by atoms with E-state index in [2.05, 4.69) is 26.2 Å². The molecule has 14 heteroatoms. The van der Waals surface area contributed by atoms with Crippen molar-refractivity contribution in [2.75, 3.05) is 0 Å². The van der Waals surface area contributed by atoms with Crippen molar-refractivity contribution in [3.8, 4) is 11.4 Å². The van der Waals surface area contributed by atoms with Gasteiger partial charge in [0, 0.05) is 35.4 Å². The van der Waals surface area contributed by atoms with E-state index in [1.165, 1.54) is 61.1 Å². The highest BCUT2D eigenvalue weighted by Gasteiger charge is 2.52. The summed E-state index contributed by atoms with van der Waals surface area (Å²) < 4.78 is 62.4. The quantitative estimate of drug-likeness (QED) is 0.129. The first-order chi connectivity index (χ1) is 21.8. The second kappa shape index (κ2) is 14.2. The number of aryl methyl sites for hydroxylation is 4. The summed E-state index contributed by atoms with van der Waals surface area (Å²) in [6.45, 7) is 2.38. The normalized spacial score (nSPS) is 17.9. The van der Waals surface area contributed by atoms with Crippen molar-refractivity contribution in [1.29, 1.82) is 0 Å². The maximum absolute atomic E-state index is 12.4. The molecule has 7 rings (SSSR count). The number of rotatable bonds is 4. The van der Waals surface area contributed by atoms with E-state index in [9.17, 15) is 17.6 Å². The zero-order valence-corrected chi connectivity index (χ0v) is 27.2. The molecule has 5 heterocycles. The number of hydrogen-bond acceptors (Lipinski definition) is 6. The predicted octanol–water partition coefficient (Wildman–Crippen LogP) is 7.41. The van der Waals surface area contributed by atoms with Gasteiger partial charge in [0.2, 0.25) is 0 Å². The van der Waals surface area contributed by atoms with Crippen LogP contribution in [0.1, 0.15) is 89.0 Å². The summed E-state index contributed by atoms with van der Waals surface area (Å²) in [5.74, 6) is 0. The molecule has 1 aliphatic heterocycles. The van der Waals surface area contributed by atoms with E-state index < -0.39 is 31.4 Å². The molecule has 4 aromatic rings. The SMILES string of the molecule is CC1(C)OB(c2cnn(C(F)F)c2)OC1(C)C.Clc1ccc2c(n1)CCCC2.FC(F)n1ccc(-c2ccc3c(n2)CCCC3)n1. The maximum atomic E-state index is 12.4. The Hall–Kier alpha value is -3.29. The summed E-state index contributed by atoms with van der Waals surface area (Å²) in [6, 6.07) is 9.46. The Morgan fingerprint density at radius 2 is 1.30 bits per heavy atom. The van der Waals surface area contributed by atoms with Crippen LogP contribution in [0.4, 0.5) is 17.6 Å². The van der Waals surface area contributed by atoms with Gasteiger partial charge in [-0.25, -0.2) is 14.3 Å². The van der Waals surface area contributed by atoms with E-state index >= 15 is 0 Å². The molecule has 1 saturated heterocycles. The van der Waals surface area contributed by atoms with Gasteiger partial charge in [-0.3, -0.25) is 4.98 Å². The molecule has 0 unspecified atom stereocenters. The number of nitrogens with zero attached hydrogens (tertiary/aromatic N) is 6. The van der Waals surface area contributed by atoms with E-state index in [0.717, 1.165) is 31.4 Å². The summed E-state index contributed by atoms with van der Waals surface area (Å²) in [6.07, 6.45) is 13.1. The number of pyridine rings is 2. The largest absolute Gasteiger partial charge is 0.498 e. The van der Waals surface area contributed by atoms with Gasteiger partial charge in [0.05, 0.1) is 16.9 Å². The summed E-state index contributed by atoms with van der Waals surface area (Å²) >= 11 is 5.77. The fourth-order valence-electron chi connectivity index (χ4n) is 5.42. The number of aromatic nitrogens is 6. The van der Waals surface area contributed by atoms with Crippen LogP contribution in [-0.4, -0.2) is 47.8 Å². The van der Waals surface area contributed by atoms with Gasteiger partial charge in [0.15, 0.2) is 0 Å². The van der Waals surface area contributed by atoms with Crippen molar-refractivity contribution in [3.05, 3.63) is 76.6 Å². The van der Waals surface area contributed by atoms with Crippen molar-refractivity contribution < 1.29 is 26.9 Å². The van der Waals surface area contributed by atoms with Crippen LogP contribution in [0.5, 0.6) is 0 Å². The fraction of sp³-hybridized carbons (Fsp3) is 0.500. The van der Waals surface area contributed by atoms with Crippen LogP contribution in [0.25, 0.3) is 11.4 Å². The molecule has 0 N–H and O–H groups in total. The highest BCUT2D eigenvalue weighted by Crippen LogP contribution is 2.36. The highest BCUT2D eigenvalue weighted by atomic mass is 35.5. The minimum Gasteiger partial charge on any atom is -0.399 e. The lowest BCUT2D eigenvalue weighted by Crippen LogP contribution is -2.41. The third kappa shape index (κ3) is 7.98. The van der Waals surface area contributed by atoms with Crippen LogP contribution in [0.3, 0.4) is 0 Å². The van der Waals surface area contributed by atoms with E-state index in [-0.39, 0.29) is 0 Å². The van der Waals surface area contributed by atoms with Crippen molar-refractivity contribution in [1.82, 2.24) is 29.5 Å². The molecular formula is C32H38BClF4N6O2. The van der Waals surface area contributed by atoms with E-state index in [0.29, 0.717) is 31.4 Å². The molecule has 0 saturated carbocycles. The lowest BCUT2D eigenvalue weighted by atomic mass is 9.82. The van der Waals surface area contributed by atoms with Crippen LogP contribution in [-0.2, 0) is 35.0 Å². The Morgan fingerprint density at radius 1 is 0.739 bits per heavy atom. The molecule has 246 valence electrons. The van der Waals surface area contributed by atoms with Crippen molar-refractivity contribution in [3.63, 3.8) is 0 Å². The smallest absolute Gasteiger partial charge is 0.399 e. The van der Waals surface area contributed by atoms with E-state index in [1.807, 2.05) is 45.9 Å². The molecule has 0 atom stereocenters. The molecule has 0 aromatic carbocycles. The Morgan fingerprint density at radius 3 is 1.87 bits per heavy atom. The number of alkyl halides is 4. The highest BCUT2D eigenvalue weighted by molar-refractivity contribution is 6.62. The first-order valence-corrected chi connectivity index (χ1v) is 15.9. The first kappa shape index (κ1) is 34.1. The van der Waals surface area contributed by atoms with E-state index in [1.54, 1.807) is 6.07 Å². The van der Waals surface area contributed by atoms with Crippen LogP contribution in [0.2, 0.25) is 5.15 Å². The summed E-state index contributed by atoms with van der Waals surface area (Å²) in [5.41, 5.74) is 5.69. The molecule has 46 heavy (non-hydrogen) atoms. The molecule has 3 aliphatic rings. The maximum Gasteiger partial charge on any atom is 0.498 e. The van der Waals surface area contributed by atoms with E-state index in [4.69, 9.17) is 20.9 Å². The Balaban J connectivity index is 0.000000140. The number of halogens is 5. The zero-order chi connectivity index (χ0) is 33.1. The van der Waals surface area contributed by atoms with Gasteiger partial charge < -0.3 is 9.31 Å². The molecule has 4 aromatic heterocycles. The molecule has 0 spiro atoms. The fourth-order valence-corrected chi connectivity index (χ4v) is 5.59. The van der Waals surface area contributed by atoms with Gasteiger partial charge in [-0.15, -0.1) is 0 Å². The van der Waals surface area contributed by atoms with Crippen LogP contribution in [0, 0.1) is 0 Å². The van der Waals surface area contributed by atoms with Crippen molar-refractivity contribution >= 4 is 24.2 Å². The van der Waals surface area contributed by atoms with Crippen molar-refractivity contribution in [2.24, 2.45) is 0 Å². The lowest BCUT2D eigenvalue weighted by Gasteiger charge is -2.32. The van der Waals surface area contributed by atoms with Crippen LogP contribution in [0.15, 0.2) is 48.9 Å². The summed E-state index contributed by atoms with van der Waals surface area (Å²) in [4.78, 5) is 8.81. The van der Waals surface area contributed by atoms with Crippen molar-refractivity contribution in [2.45, 2.75) is 103 Å². The molecular weight excluding hydrogens is 623 g/mol. The predicted molar refractivity (Wildman–Crippen MR) is 168 cm³/mol. The Labute approximate surface area is 271 Å². The molecule has 0 bridgehead atoms. The lowest BCUT2D eigenvalue weighted by molar-refractivity contribution is 0.00578. The standard InChI is InChI=1S/C13H13F2N3.C10H15BF2N2O2.C9H10ClN/c14-13(15)18-8-7-12(17-18)11-6-5-9-3-1-2-4-10(9)16-11;1-9(2)10(3,4)17-11(16-9)7-5-14-15(6-7)8(12)13;10-9-6-5-7-3-1-2-4-8(7)11-9/h5-8,13H,1-4H2;5-6,8H,1-4H3;5-6H,1-4H2. The molecule has 0 radical (unpaired) electrons. The van der Waals surface area contributed by atoms with Gasteiger partial charge in [0.1, 0.15) is 10.8 Å². The first-order valence-electron chi connectivity index (χ1n) is 15.5.